The number of nitrogens with zero attached hydrogens (tertiary/aromatic N) is 2. The highest BCUT2D eigenvalue weighted by Crippen LogP contribution is 2.32. The quantitative estimate of drug-likeness (QED) is 0.861. The first kappa shape index (κ1) is 10.7. The van der Waals surface area contributed by atoms with Gasteiger partial charge < -0.3 is 5.73 Å². The molecule has 0 bridgehead atoms. The Morgan fingerprint density at radius 1 is 1.44 bits per heavy atom. The molecule has 16 heavy (non-hydrogen) atoms. The largest absolute Gasteiger partial charge is 0.330 e. The molecule has 1 aliphatic carbocycles. The highest BCUT2D eigenvalue weighted by molar-refractivity contribution is 7.11. The van der Waals surface area contributed by atoms with E-state index in [2.05, 4.69) is 9.88 Å². The van der Waals surface area contributed by atoms with Gasteiger partial charge in [-0.1, -0.05) is 0 Å². The van der Waals surface area contributed by atoms with Crippen LogP contribution in [0.4, 0.5) is 0 Å². The van der Waals surface area contributed by atoms with Crippen LogP contribution in [-0.2, 0) is 19.4 Å². The molecule has 2 heterocycles. The predicted molar refractivity (Wildman–Crippen MR) is 66.6 cm³/mol. The summed E-state index contributed by atoms with van der Waals surface area (Å²) in [5.74, 6) is 0.998. The molecule has 0 amide bonds. The third-order valence-electron chi connectivity index (χ3n) is 3.43. The van der Waals surface area contributed by atoms with Crippen LogP contribution in [0.25, 0.3) is 0 Å². The van der Waals surface area contributed by atoms with E-state index in [9.17, 15) is 0 Å². The lowest BCUT2D eigenvalue weighted by molar-refractivity contribution is 0.245. The van der Waals surface area contributed by atoms with Gasteiger partial charge in [0.25, 0.3) is 0 Å². The zero-order valence-corrected chi connectivity index (χ0v) is 10.4. The van der Waals surface area contributed by atoms with Crippen LogP contribution in [0.1, 0.15) is 28.4 Å². The third-order valence-corrected chi connectivity index (χ3v) is 4.57. The molecule has 3 nitrogen and oxygen atoms in total. The summed E-state index contributed by atoms with van der Waals surface area (Å²) in [5.41, 5.74) is 6.92. The number of hydrogen-bond acceptors (Lipinski definition) is 4. The van der Waals surface area contributed by atoms with Gasteiger partial charge in [0.15, 0.2) is 0 Å². The van der Waals surface area contributed by atoms with Gasteiger partial charge >= 0.3 is 0 Å². The molecule has 2 N–H and O–H groups in total. The van der Waals surface area contributed by atoms with Gasteiger partial charge in [-0.3, -0.25) is 4.90 Å². The van der Waals surface area contributed by atoms with Crippen LogP contribution in [0.15, 0.2) is 0 Å². The maximum absolute atomic E-state index is 5.58. The van der Waals surface area contributed by atoms with E-state index in [1.54, 1.807) is 0 Å². The lowest BCUT2D eigenvalue weighted by Gasteiger charge is -2.25. The molecule has 2 aliphatic rings. The van der Waals surface area contributed by atoms with Crippen molar-refractivity contribution in [3.8, 4) is 0 Å². The molecule has 0 unspecified atom stereocenters. The van der Waals surface area contributed by atoms with E-state index in [4.69, 9.17) is 5.73 Å². The first-order chi connectivity index (χ1) is 7.85. The summed E-state index contributed by atoms with van der Waals surface area (Å²) >= 11 is 1.88. The van der Waals surface area contributed by atoms with Crippen LogP contribution in [0.3, 0.4) is 0 Å². The smallest absolute Gasteiger partial charge is 0.0944 e. The van der Waals surface area contributed by atoms with Crippen molar-refractivity contribution < 1.29 is 0 Å². The van der Waals surface area contributed by atoms with Crippen LogP contribution in [-0.4, -0.2) is 29.5 Å². The Bertz CT molecular complexity index is 370. The minimum atomic E-state index is 0.720. The summed E-state index contributed by atoms with van der Waals surface area (Å²) in [4.78, 5) is 8.78. The lowest BCUT2D eigenvalue weighted by atomic mass is 10.1. The Morgan fingerprint density at radius 3 is 3.06 bits per heavy atom. The van der Waals surface area contributed by atoms with E-state index in [-0.39, 0.29) is 0 Å². The van der Waals surface area contributed by atoms with Crippen molar-refractivity contribution in [2.45, 2.75) is 32.2 Å². The topological polar surface area (TPSA) is 42.1 Å². The second-order valence-electron chi connectivity index (χ2n) is 4.94. The number of rotatable bonds is 4. The van der Waals surface area contributed by atoms with E-state index < -0.39 is 0 Å². The van der Waals surface area contributed by atoms with Crippen LogP contribution < -0.4 is 5.73 Å². The van der Waals surface area contributed by atoms with Crippen molar-refractivity contribution in [3.63, 3.8) is 0 Å². The molecule has 1 fully saturated rings. The van der Waals surface area contributed by atoms with Gasteiger partial charge in [-0.25, -0.2) is 4.98 Å². The van der Waals surface area contributed by atoms with Gasteiger partial charge in [-0.05, 0) is 25.3 Å². The summed E-state index contributed by atoms with van der Waals surface area (Å²) in [6.45, 7) is 4.37. The molecule has 0 aromatic carbocycles. The van der Waals surface area contributed by atoms with Crippen molar-refractivity contribution in [2.24, 2.45) is 11.7 Å². The van der Waals surface area contributed by atoms with E-state index >= 15 is 0 Å². The minimum Gasteiger partial charge on any atom is -0.330 e. The minimum absolute atomic E-state index is 0.720. The summed E-state index contributed by atoms with van der Waals surface area (Å²) in [6.07, 6.45) is 4.98. The van der Waals surface area contributed by atoms with Crippen LogP contribution in [0.5, 0.6) is 0 Å². The average Bonchev–Trinajstić information content (AvgIpc) is 2.97. The number of nitrogens with two attached hydrogens (primary N) is 1. The Kier molecular flexibility index (Phi) is 2.96. The average molecular weight is 237 g/mol. The number of thiazole rings is 1. The van der Waals surface area contributed by atoms with Gasteiger partial charge in [0.2, 0.25) is 0 Å². The molecule has 1 saturated carbocycles. The van der Waals surface area contributed by atoms with E-state index in [1.807, 2.05) is 11.3 Å². The summed E-state index contributed by atoms with van der Waals surface area (Å²) in [5, 5.41) is 1.24. The first-order valence-corrected chi connectivity index (χ1v) is 7.06. The molecule has 1 aromatic heterocycles. The van der Waals surface area contributed by atoms with Crippen molar-refractivity contribution in [3.05, 3.63) is 15.6 Å². The second-order valence-corrected chi connectivity index (χ2v) is 6.11. The normalized spacial score (nSPS) is 21.1. The van der Waals surface area contributed by atoms with E-state index in [0.717, 1.165) is 31.8 Å². The number of aromatic nitrogens is 1. The SMILES string of the molecule is NCCc1nc2c(s1)CN(CC1CC1)CC2. The zero-order chi connectivity index (χ0) is 11.0. The Balaban J connectivity index is 1.67. The van der Waals surface area contributed by atoms with Crippen molar-refractivity contribution in [2.75, 3.05) is 19.6 Å². The Hall–Kier alpha value is -0.450. The molecule has 0 radical (unpaired) electrons. The molecule has 0 saturated heterocycles. The third kappa shape index (κ3) is 2.29. The number of hydrogen-bond donors (Lipinski definition) is 1. The molecular weight excluding hydrogens is 218 g/mol. The monoisotopic (exact) mass is 237 g/mol. The maximum Gasteiger partial charge on any atom is 0.0944 e. The van der Waals surface area contributed by atoms with Gasteiger partial charge in [0.1, 0.15) is 0 Å². The summed E-state index contributed by atoms with van der Waals surface area (Å²) in [6, 6.07) is 0. The highest BCUT2D eigenvalue weighted by atomic mass is 32.1. The molecule has 3 rings (SSSR count). The first-order valence-electron chi connectivity index (χ1n) is 6.25. The molecule has 1 aliphatic heterocycles. The van der Waals surface area contributed by atoms with E-state index in [0.29, 0.717) is 0 Å². The molecular formula is C12H19N3S. The predicted octanol–water partition coefficient (Wildman–Crippen LogP) is 1.41. The van der Waals surface area contributed by atoms with E-state index in [1.165, 1.54) is 41.5 Å². The maximum atomic E-state index is 5.58. The standard InChI is InChI=1S/C12H19N3S/c13-5-3-12-14-10-4-6-15(7-9-1-2-9)8-11(10)16-12/h9H,1-8,13H2. The van der Waals surface area contributed by atoms with Gasteiger partial charge in [0.05, 0.1) is 10.7 Å². The Morgan fingerprint density at radius 2 is 2.31 bits per heavy atom. The summed E-state index contributed by atoms with van der Waals surface area (Å²) in [7, 11) is 0. The molecule has 0 spiro atoms. The fourth-order valence-corrected chi connectivity index (χ4v) is 3.53. The van der Waals surface area contributed by atoms with Gasteiger partial charge in [-0.2, -0.15) is 0 Å². The van der Waals surface area contributed by atoms with Crippen LogP contribution >= 0.6 is 11.3 Å². The highest BCUT2D eigenvalue weighted by Gasteiger charge is 2.27. The molecule has 88 valence electrons. The van der Waals surface area contributed by atoms with Crippen molar-refractivity contribution in [1.29, 1.82) is 0 Å². The zero-order valence-electron chi connectivity index (χ0n) is 9.61. The fourth-order valence-electron chi connectivity index (χ4n) is 2.35. The Labute approximate surface area is 101 Å². The van der Waals surface area contributed by atoms with Crippen LogP contribution in [0.2, 0.25) is 0 Å². The fraction of sp³-hybridized carbons (Fsp3) is 0.750. The molecule has 4 heteroatoms. The van der Waals surface area contributed by atoms with Gasteiger partial charge in [0, 0.05) is 37.4 Å². The van der Waals surface area contributed by atoms with Gasteiger partial charge in [-0.15, -0.1) is 11.3 Å². The molecule has 1 aromatic rings. The van der Waals surface area contributed by atoms with Crippen molar-refractivity contribution in [1.82, 2.24) is 9.88 Å². The second kappa shape index (κ2) is 4.43. The number of fused-ring (bicyclic) bond motifs is 1. The van der Waals surface area contributed by atoms with Crippen LogP contribution in [0, 0.1) is 5.92 Å². The lowest BCUT2D eigenvalue weighted by Crippen LogP contribution is -2.31. The molecule has 0 atom stereocenters. The summed E-state index contributed by atoms with van der Waals surface area (Å²) < 4.78 is 0. The van der Waals surface area contributed by atoms with Crippen molar-refractivity contribution >= 4 is 11.3 Å².